The molecule has 2 heteroatoms. The normalized spacial score (nSPS) is 22.0. The fraction of sp³-hybridized carbons (Fsp3) is 1.00. The summed E-state index contributed by atoms with van der Waals surface area (Å²) in [6, 6.07) is 0. The molecule has 0 N–H and O–H groups in total. The van der Waals surface area contributed by atoms with Crippen LogP contribution < -0.4 is 0 Å². The van der Waals surface area contributed by atoms with Crippen LogP contribution >= 0.6 is 0 Å². The Kier molecular flexibility index (Phi) is 4.02. The van der Waals surface area contributed by atoms with Crippen molar-refractivity contribution >= 4 is 0 Å². The van der Waals surface area contributed by atoms with Crippen LogP contribution in [0, 0.1) is 5.92 Å². The Morgan fingerprint density at radius 2 is 1.83 bits per heavy atom. The largest absolute Gasteiger partial charge is 0.291 e. The van der Waals surface area contributed by atoms with Crippen molar-refractivity contribution in [3.8, 4) is 0 Å². The molecule has 0 aliphatic carbocycles. The summed E-state index contributed by atoms with van der Waals surface area (Å²) >= 11 is 0. The van der Waals surface area contributed by atoms with Crippen LogP contribution in [0.25, 0.3) is 0 Å². The Morgan fingerprint density at radius 3 is 2.42 bits per heavy atom. The van der Waals surface area contributed by atoms with E-state index in [1.54, 1.807) is 0 Å². The molecule has 0 aromatic carbocycles. The van der Waals surface area contributed by atoms with E-state index in [1.165, 1.54) is 39.3 Å². The molecule has 0 aromatic rings. The van der Waals surface area contributed by atoms with Gasteiger partial charge >= 0.3 is 0 Å². The topological polar surface area (TPSA) is 6.48 Å². The van der Waals surface area contributed by atoms with E-state index in [0.29, 0.717) is 0 Å². The summed E-state index contributed by atoms with van der Waals surface area (Å²) in [6.07, 6.45) is 1.35. The molecule has 0 bridgehead atoms. The van der Waals surface area contributed by atoms with Gasteiger partial charge in [-0.2, -0.15) is 0 Å². The van der Waals surface area contributed by atoms with E-state index < -0.39 is 0 Å². The third-order valence-electron chi connectivity index (χ3n) is 2.42. The molecule has 1 rings (SSSR count). The first-order chi connectivity index (χ1) is 5.72. The first-order valence-electron chi connectivity index (χ1n) is 5.17. The molecule has 72 valence electrons. The molecule has 1 aliphatic heterocycles. The third-order valence-corrected chi connectivity index (χ3v) is 2.42. The lowest BCUT2D eigenvalue weighted by atomic mass is 10.2. The summed E-state index contributed by atoms with van der Waals surface area (Å²) in [5, 5.41) is 0. The highest BCUT2D eigenvalue weighted by Gasteiger charge is 2.15. The van der Waals surface area contributed by atoms with Gasteiger partial charge < -0.3 is 0 Å². The Bertz CT molecular complexity index is 123. The maximum atomic E-state index is 2.57. The third kappa shape index (κ3) is 3.11. The number of hydrogen-bond donors (Lipinski definition) is 0. The maximum absolute atomic E-state index is 2.57. The lowest BCUT2D eigenvalue weighted by Gasteiger charge is -2.35. The Labute approximate surface area is 76.5 Å². The zero-order valence-electron chi connectivity index (χ0n) is 8.71. The molecule has 0 aromatic heterocycles. The summed E-state index contributed by atoms with van der Waals surface area (Å²) in [5.74, 6) is 0.807. The summed E-state index contributed by atoms with van der Waals surface area (Å²) in [6.45, 7) is 13.1. The van der Waals surface area contributed by atoms with Crippen LogP contribution in [-0.4, -0.2) is 42.6 Å². The van der Waals surface area contributed by atoms with Crippen molar-refractivity contribution in [2.24, 2.45) is 5.92 Å². The van der Waals surface area contributed by atoms with Crippen molar-refractivity contribution in [2.45, 2.75) is 27.2 Å². The standard InChI is InChI=1S/C10H22N2/c1-4-11-6-5-7-12(9-11)8-10(2)3/h10H,4-9H2,1-3H3. The Balaban J connectivity index is 2.25. The van der Waals surface area contributed by atoms with Gasteiger partial charge in [-0.15, -0.1) is 0 Å². The van der Waals surface area contributed by atoms with Gasteiger partial charge in [-0.1, -0.05) is 20.8 Å². The van der Waals surface area contributed by atoms with E-state index in [0.717, 1.165) is 5.92 Å². The van der Waals surface area contributed by atoms with Crippen LogP contribution in [0.4, 0.5) is 0 Å². The quantitative estimate of drug-likeness (QED) is 0.635. The Hall–Kier alpha value is -0.0800. The molecular weight excluding hydrogens is 148 g/mol. The SMILES string of the molecule is CCN1CCCN(CC(C)C)C1. The van der Waals surface area contributed by atoms with Gasteiger partial charge in [0.25, 0.3) is 0 Å². The molecule has 0 atom stereocenters. The smallest absolute Gasteiger partial charge is 0.0506 e. The number of rotatable bonds is 3. The predicted molar refractivity (Wildman–Crippen MR) is 53.1 cm³/mol. The first-order valence-corrected chi connectivity index (χ1v) is 5.17. The summed E-state index contributed by atoms with van der Waals surface area (Å²) in [4.78, 5) is 5.09. The highest BCUT2D eigenvalue weighted by Crippen LogP contribution is 2.07. The van der Waals surface area contributed by atoms with E-state index in [9.17, 15) is 0 Å². The molecular formula is C10H22N2. The minimum absolute atomic E-state index is 0.807. The lowest BCUT2D eigenvalue weighted by Crippen LogP contribution is -2.45. The summed E-state index contributed by atoms with van der Waals surface area (Å²) in [5.41, 5.74) is 0. The van der Waals surface area contributed by atoms with Crippen LogP contribution in [0.2, 0.25) is 0 Å². The van der Waals surface area contributed by atoms with E-state index >= 15 is 0 Å². The second-order valence-electron chi connectivity index (χ2n) is 4.18. The predicted octanol–water partition coefficient (Wildman–Crippen LogP) is 1.63. The maximum Gasteiger partial charge on any atom is 0.0506 e. The lowest BCUT2D eigenvalue weighted by molar-refractivity contribution is 0.0811. The average Bonchev–Trinajstić information content (AvgIpc) is 2.03. The van der Waals surface area contributed by atoms with Gasteiger partial charge in [0, 0.05) is 19.6 Å². The molecule has 1 heterocycles. The average molecular weight is 170 g/mol. The van der Waals surface area contributed by atoms with Gasteiger partial charge in [-0.05, 0) is 18.9 Å². The fourth-order valence-corrected chi connectivity index (χ4v) is 1.87. The highest BCUT2D eigenvalue weighted by atomic mass is 15.3. The number of hydrogen-bond acceptors (Lipinski definition) is 2. The second kappa shape index (κ2) is 4.83. The minimum Gasteiger partial charge on any atom is -0.291 e. The number of nitrogens with zero attached hydrogens (tertiary/aromatic N) is 2. The zero-order valence-corrected chi connectivity index (χ0v) is 8.71. The van der Waals surface area contributed by atoms with E-state index in [4.69, 9.17) is 0 Å². The second-order valence-corrected chi connectivity index (χ2v) is 4.18. The summed E-state index contributed by atoms with van der Waals surface area (Å²) in [7, 11) is 0. The molecule has 0 saturated carbocycles. The van der Waals surface area contributed by atoms with Crippen LogP contribution in [-0.2, 0) is 0 Å². The molecule has 12 heavy (non-hydrogen) atoms. The molecule has 1 saturated heterocycles. The summed E-state index contributed by atoms with van der Waals surface area (Å²) < 4.78 is 0. The fourth-order valence-electron chi connectivity index (χ4n) is 1.87. The van der Waals surface area contributed by atoms with E-state index in [-0.39, 0.29) is 0 Å². The van der Waals surface area contributed by atoms with E-state index in [2.05, 4.69) is 30.6 Å². The van der Waals surface area contributed by atoms with Crippen molar-refractivity contribution < 1.29 is 0 Å². The Morgan fingerprint density at radius 1 is 1.17 bits per heavy atom. The molecule has 0 unspecified atom stereocenters. The van der Waals surface area contributed by atoms with Crippen LogP contribution in [0.15, 0.2) is 0 Å². The highest BCUT2D eigenvalue weighted by molar-refractivity contribution is 4.68. The van der Waals surface area contributed by atoms with Gasteiger partial charge in [0.15, 0.2) is 0 Å². The van der Waals surface area contributed by atoms with Gasteiger partial charge in [-0.3, -0.25) is 9.80 Å². The van der Waals surface area contributed by atoms with Crippen LogP contribution in [0.5, 0.6) is 0 Å². The van der Waals surface area contributed by atoms with Crippen molar-refractivity contribution in [1.29, 1.82) is 0 Å². The molecule has 2 nitrogen and oxygen atoms in total. The van der Waals surface area contributed by atoms with Crippen molar-refractivity contribution in [3.05, 3.63) is 0 Å². The van der Waals surface area contributed by atoms with Crippen LogP contribution in [0.1, 0.15) is 27.2 Å². The van der Waals surface area contributed by atoms with Gasteiger partial charge in [0.1, 0.15) is 0 Å². The molecule has 0 amide bonds. The minimum atomic E-state index is 0.807. The van der Waals surface area contributed by atoms with Crippen LogP contribution in [0.3, 0.4) is 0 Å². The molecule has 0 spiro atoms. The van der Waals surface area contributed by atoms with Gasteiger partial charge in [0.05, 0.1) is 6.67 Å². The first kappa shape index (κ1) is 10.0. The van der Waals surface area contributed by atoms with Gasteiger partial charge in [0.2, 0.25) is 0 Å². The van der Waals surface area contributed by atoms with Gasteiger partial charge in [-0.25, -0.2) is 0 Å². The monoisotopic (exact) mass is 170 g/mol. The molecule has 0 radical (unpaired) electrons. The zero-order chi connectivity index (χ0) is 8.97. The van der Waals surface area contributed by atoms with Crippen molar-refractivity contribution in [2.75, 3.05) is 32.8 Å². The van der Waals surface area contributed by atoms with Crippen molar-refractivity contribution in [3.63, 3.8) is 0 Å². The molecule has 1 fully saturated rings. The van der Waals surface area contributed by atoms with E-state index in [1.807, 2.05) is 0 Å². The van der Waals surface area contributed by atoms with Crippen molar-refractivity contribution in [1.82, 2.24) is 9.80 Å². The molecule has 1 aliphatic rings.